The second-order valence-corrected chi connectivity index (χ2v) is 7.25. The van der Waals surface area contributed by atoms with Crippen molar-refractivity contribution in [2.75, 3.05) is 17.6 Å². The van der Waals surface area contributed by atoms with Crippen LogP contribution in [0.25, 0.3) is 4.96 Å². The van der Waals surface area contributed by atoms with Crippen molar-refractivity contribution in [2.45, 2.75) is 12.7 Å². The molecule has 0 radical (unpaired) electrons. The number of aromatic nitrogens is 3. The summed E-state index contributed by atoms with van der Waals surface area (Å²) in [7, 11) is -0.865. The molecule has 2 aromatic heterocycles. The van der Waals surface area contributed by atoms with E-state index in [2.05, 4.69) is 15.4 Å². The Labute approximate surface area is 129 Å². The average Bonchev–Trinajstić information content (AvgIpc) is 2.96. The van der Waals surface area contributed by atoms with Crippen molar-refractivity contribution in [1.29, 1.82) is 0 Å². The van der Waals surface area contributed by atoms with E-state index in [-0.39, 0.29) is 0 Å². The first-order chi connectivity index (χ1) is 10.2. The Hall–Kier alpha value is -1.73. The Morgan fingerprint density at radius 2 is 2.14 bits per heavy atom. The zero-order chi connectivity index (χ0) is 14.7. The number of hydrogen-bond acceptors (Lipinski definition) is 5. The summed E-state index contributed by atoms with van der Waals surface area (Å²) in [5, 5.41) is 8.40. The molecule has 1 N–H and O–H groups in total. The smallest absolute Gasteiger partial charge is 0.214 e. The summed E-state index contributed by atoms with van der Waals surface area (Å²) in [6, 6.07) is 9.91. The molecule has 0 saturated carbocycles. The van der Waals surface area contributed by atoms with Gasteiger partial charge in [0.2, 0.25) is 10.1 Å². The first kappa shape index (κ1) is 14.2. The molecule has 0 amide bonds. The van der Waals surface area contributed by atoms with E-state index >= 15 is 0 Å². The number of imidazole rings is 1. The molecular formula is C14H16N4OS2. The SMILES string of the molecule is Cc1cn2nc(NCC[S@@](=O)Cc3ccccc3)sc2n1. The van der Waals surface area contributed by atoms with E-state index in [0.29, 0.717) is 18.1 Å². The second kappa shape index (κ2) is 6.36. The van der Waals surface area contributed by atoms with Crippen molar-refractivity contribution in [3.05, 3.63) is 47.8 Å². The minimum absolute atomic E-state index is 0.600. The van der Waals surface area contributed by atoms with Crippen molar-refractivity contribution in [3.8, 4) is 0 Å². The zero-order valence-electron chi connectivity index (χ0n) is 11.7. The molecule has 5 nitrogen and oxygen atoms in total. The van der Waals surface area contributed by atoms with Crippen molar-refractivity contribution in [3.63, 3.8) is 0 Å². The normalized spacial score (nSPS) is 12.6. The van der Waals surface area contributed by atoms with Crippen LogP contribution in [0.2, 0.25) is 0 Å². The molecule has 7 heteroatoms. The summed E-state index contributed by atoms with van der Waals surface area (Å²) in [6.45, 7) is 2.59. The van der Waals surface area contributed by atoms with E-state index in [0.717, 1.165) is 21.3 Å². The lowest BCUT2D eigenvalue weighted by atomic mass is 10.2. The van der Waals surface area contributed by atoms with Gasteiger partial charge in [-0.05, 0) is 12.5 Å². The summed E-state index contributed by atoms with van der Waals surface area (Å²) in [5.41, 5.74) is 2.07. The lowest BCUT2D eigenvalue weighted by molar-refractivity contribution is 0.682. The van der Waals surface area contributed by atoms with E-state index in [9.17, 15) is 4.21 Å². The Balaban J connectivity index is 1.49. The van der Waals surface area contributed by atoms with Gasteiger partial charge >= 0.3 is 0 Å². The predicted octanol–water partition coefficient (Wildman–Crippen LogP) is 2.46. The fourth-order valence-corrected chi connectivity index (χ4v) is 3.88. The number of anilines is 1. The third-order valence-corrected chi connectivity index (χ3v) is 5.14. The minimum Gasteiger partial charge on any atom is -0.359 e. The number of benzene rings is 1. The number of hydrogen-bond donors (Lipinski definition) is 1. The first-order valence-corrected chi connectivity index (χ1v) is 8.97. The Morgan fingerprint density at radius 1 is 1.33 bits per heavy atom. The molecule has 0 aliphatic carbocycles. The molecule has 0 unspecified atom stereocenters. The average molecular weight is 320 g/mol. The van der Waals surface area contributed by atoms with Gasteiger partial charge in [0, 0.05) is 28.9 Å². The van der Waals surface area contributed by atoms with Gasteiger partial charge in [-0.1, -0.05) is 41.7 Å². The molecule has 2 heterocycles. The van der Waals surface area contributed by atoms with Crippen LogP contribution in [0.15, 0.2) is 36.5 Å². The molecule has 21 heavy (non-hydrogen) atoms. The number of fused-ring (bicyclic) bond motifs is 1. The largest absolute Gasteiger partial charge is 0.359 e. The lowest BCUT2D eigenvalue weighted by Gasteiger charge is -2.03. The summed E-state index contributed by atoms with van der Waals surface area (Å²) >= 11 is 1.50. The summed E-state index contributed by atoms with van der Waals surface area (Å²) in [6.07, 6.45) is 1.89. The monoisotopic (exact) mass is 320 g/mol. The van der Waals surface area contributed by atoms with Crippen molar-refractivity contribution in [2.24, 2.45) is 0 Å². The molecule has 0 saturated heterocycles. The van der Waals surface area contributed by atoms with Gasteiger partial charge in [0.1, 0.15) is 0 Å². The van der Waals surface area contributed by atoms with Crippen molar-refractivity contribution in [1.82, 2.24) is 14.6 Å². The predicted molar refractivity (Wildman–Crippen MR) is 87.2 cm³/mol. The molecule has 3 rings (SSSR count). The van der Waals surface area contributed by atoms with Crippen LogP contribution in [0, 0.1) is 6.92 Å². The van der Waals surface area contributed by atoms with Gasteiger partial charge in [-0.2, -0.15) is 0 Å². The molecule has 0 fully saturated rings. The maximum atomic E-state index is 12.0. The van der Waals surface area contributed by atoms with Gasteiger partial charge in [-0.3, -0.25) is 4.21 Å². The van der Waals surface area contributed by atoms with E-state index < -0.39 is 10.8 Å². The fourth-order valence-electron chi connectivity index (χ4n) is 1.98. The van der Waals surface area contributed by atoms with Gasteiger partial charge in [0.25, 0.3) is 0 Å². The molecule has 1 atom stereocenters. The number of nitrogens with zero attached hydrogens (tertiary/aromatic N) is 3. The lowest BCUT2D eigenvalue weighted by Crippen LogP contribution is -2.12. The number of rotatable bonds is 6. The second-order valence-electron chi connectivity index (χ2n) is 4.72. The highest BCUT2D eigenvalue weighted by molar-refractivity contribution is 7.84. The number of aryl methyl sites for hydroxylation is 1. The van der Waals surface area contributed by atoms with Crippen LogP contribution in [0.1, 0.15) is 11.3 Å². The van der Waals surface area contributed by atoms with E-state index in [1.54, 1.807) is 4.52 Å². The van der Waals surface area contributed by atoms with Gasteiger partial charge in [-0.15, -0.1) is 5.10 Å². The molecule has 0 aliphatic heterocycles. The molecule has 0 aliphatic rings. The Morgan fingerprint density at radius 3 is 2.90 bits per heavy atom. The first-order valence-electron chi connectivity index (χ1n) is 6.66. The maximum Gasteiger partial charge on any atom is 0.214 e. The molecular weight excluding hydrogens is 304 g/mol. The molecule has 0 bridgehead atoms. The standard InChI is InChI=1S/C14H16N4OS2/c1-11-9-18-14(16-11)20-13(17-18)15-7-8-21(19)10-12-5-3-2-4-6-12/h2-6,9H,7-8,10H2,1H3,(H,15,17)/t21-/m1/s1. The quantitative estimate of drug-likeness (QED) is 0.758. The van der Waals surface area contributed by atoms with Crippen molar-refractivity contribution < 1.29 is 4.21 Å². The summed E-state index contributed by atoms with van der Waals surface area (Å²) in [4.78, 5) is 5.23. The molecule has 110 valence electrons. The summed E-state index contributed by atoms with van der Waals surface area (Å²) in [5.74, 6) is 1.21. The van der Waals surface area contributed by atoms with Crippen LogP contribution in [0.3, 0.4) is 0 Å². The molecule has 1 aromatic carbocycles. The highest BCUT2D eigenvalue weighted by atomic mass is 32.2. The van der Waals surface area contributed by atoms with E-state index in [4.69, 9.17) is 0 Å². The third kappa shape index (κ3) is 3.68. The van der Waals surface area contributed by atoms with Crippen LogP contribution in [-0.2, 0) is 16.6 Å². The van der Waals surface area contributed by atoms with Crippen LogP contribution in [0.4, 0.5) is 5.13 Å². The van der Waals surface area contributed by atoms with E-state index in [1.807, 2.05) is 43.5 Å². The van der Waals surface area contributed by atoms with Gasteiger partial charge in [0.15, 0.2) is 0 Å². The zero-order valence-corrected chi connectivity index (χ0v) is 13.3. The van der Waals surface area contributed by atoms with E-state index in [1.165, 1.54) is 11.3 Å². The van der Waals surface area contributed by atoms with Gasteiger partial charge in [0.05, 0.1) is 11.9 Å². The molecule has 3 aromatic rings. The van der Waals surface area contributed by atoms with Crippen LogP contribution >= 0.6 is 11.3 Å². The van der Waals surface area contributed by atoms with Crippen LogP contribution in [0.5, 0.6) is 0 Å². The maximum absolute atomic E-state index is 12.0. The van der Waals surface area contributed by atoms with Gasteiger partial charge in [-0.25, -0.2) is 9.50 Å². The molecule has 0 spiro atoms. The fraction of sp³-hybridized carbons (Fsp3) is 0.286. The van der Waals surface area contributed by atoms with Crippen LogP contribution in [-0.4, -0.2) is 31.1 Å². The third-order valence-electron chi connectivity index (χ3n) is 2.94. The minimum atomic E-state index is -0.865. The highest BCUT2D eigenvalue weighted by Gasteiger charge is 2.06. The van der Waals surface area contributed by atoms with Gasteiger partial charge < -0.3 is 5.32 Å². The topological polar surface area (TPSA) is 59.3 Å². The highest BCUT2D eigenvalue weighted by Crippen LogP contribution is 2.18. The summed E-state index contributed by atoms with van der Waals surface area (Å²) < 4.78 is 13.8. The van der Waals surface area contributed by atoms with Crippen molar-refractivity contribution >= 4 is 32.2 Å². The Bertz CT molecular complexity index is 719. The number of nitrogens with one attached hydrogen (secondary N) is 1. The Kier molecular flexibility index (Phi) is 4.31. The van der Waals surface area contributed by atoms with Crippen LogP contribution < -0.4 is 5.32 Å².